The van der Waals surface area contributed by atoms with Gasteiger partial charge in [-0.25, -0.2) is 4.79 Å². The number of hydrogen-bond donors (Lipinski definition) is 2. The smallest absolute Gasteiger partial charge is 0.319 e. The van der Waals surface area contributed by atoms with Crippen LogP contribution in [0.25, 0.3) is 0 Å². The summed E-state index contributed by atoms with van der Waals surface area (Å²) in [7, 11) is 4.66. The molecule has 2 amide bonds. The van der Waals surface area contributed by atoms with Gasteiger partial charge in [-0.05, 0) is 18.2 Å². The van der Waals surface area contributed by atoms with Crippen LogP contribution in [0.1, 0.15) is 11.7 Å². The zero-order valence-electron chi connectivity index (χ0n) is 14.3. The van der Waals surface area contributed by atoms with Gasteiger partial charge in [-0.15, -0.1) is 0 Å². The summed E-state index contributed by atoms with van der Waals surface area (Å²) in [5.74, 6) is 1.14. The first-order chi connectivity index (χ1) is 12.1. The fraction of sp³-hybridized carbons (Fsp3) is 0.278. The lowest BCUT2D eigenvalue weighted by Gasteiger charge is -2.18. The van der Waals surface area contributed by atoms with E-state index in [1.807, 2.05) is 18.2 Å². The van der Waals surface area contributed by atoms with Gasteiger partial charge in [-0.1, -0.05) is 29.8 Å². The van der Waals surface area contributed by atoms with Crippen molar-refractivity contribution >= 4 is 23.3 Å². The van der Waals surface area contributed by atoms with E-state index in [0.29, 0.717) is 22.2 Å². The van der Waals surface area contributed by atoms with E-state index in [1.165, 1.54) is 7.11 Å². The minimum absolute atomic E-state index is 0.268. The summed E-state index contributed by atoms with van der Waals surface area (Å²) in [6.45, 7) is 0.268. The van der Waals surface area contributed by atoms with Crippen molar-refractivity contribution in [2.75, 3.05) is 33.2 Å². The Morgan fingerprint density at radius 1 is 1.12 bits per heavy atom. The molecule has 7 heteroatoms. The lowest BCUT2D eigenvalue weighted by atomic mass is 10.1. The number of methoxy groups -OCH3 is 3. The summed E-state index contributed by atoms with van der Waals surface area (Å²) in [6, 6.07) is 12.1. The molecule has 0 aromatic heterocycles. The van der Waals surface area contributed by atoms with E-state index >= 15 is 0 Å². The van der Waals surface area contributed by atoms with E-state index in [0.717, 1.165) is 5.56 Å². The van der Waals surface area contributed by atoms with Crippen LogP contribution >= 0.6 is 11.6 Å². The van der Waals surface area contributed by atoms with Gasteiger partial charge in [0.2, 0.25) is 0 Å². The third-order valence-corrected chi connectivity index (χ3v) is 3.99. The minimum Gasteiger partial charge on any atom is -0.497 e. The summed E-state index contributed by atoms with van der Waals surface area (Å²) in [4.78, 5) is 12.2. The second-order valence-corrected chi connectivity index (χ2v) is 5.55. The van der Waals surface area contributed by atoms with E-state index in [4.69, 9.17) is 25.8 Å². The Hall–Kier alpha value is -2.44. The molecular weight excluding hydrogens is 344 g/mol. The maximum atomic E-state index is 12.2. The van der Waals surface area contributed by atoms with E-state index < -0.39 is 0 Å². The summed E-state index contributed by atoms with van der Waals surface area (Å²) in [6.07, 6.45) is -0.350. The summed E-state index contributed by atoms with van der Waals surface area (Å²) in [5, 5.41) is 6.10. The van der Waals surface area contributed by atoms with Crippen LogP contribution in [-0.4, -0.2) is 33.9 Å². The molecule has 2 rings (SSSR count). The topological polar surface area (TPSA) is 68.8 Å². The molecule has 0 radical (unpaired) electrons. The third kappa shape index (κ3) is 5.01. The van der Waals surface area contributed by atoms with Gasteiger partial charge in [0, 0.05) is 30.3 Å². The summed E-state index contributed by atoms with van der Waals surface area (Å²) < 4.78 is 15.8. The molecule has 0 aliphatic carbocycles. The number of halogens is 1. The number of benzene rings is 2. The molecule has 2 N–H and O–H groups in total. The molecular formula is C18H21ClN2O4. The van der Waals surface area contributed by atoms with E-state index in [1.54, 1.807) is 38.5 Å². The van der Waals surface area contributed by atoms with E-state index in [2.05, 4.69) is 10.6 Å². The molecule has 25 heavy (non-hydrogen) atoms. The zero-order chi connectivity index (χ0) is 18.2. The first-order valence-electron chi connectivity index (χ1n) is 7.63. The monoisotopic (exact) mass is 364 g/mol. The molecule has 2 aromatic carbocycles. The van der Waals surface area contributed by atoms with Gasteiger partial charge in [-0.2, -0.15) is 0 Å². The van der Waals surface area contributed by atoms with Crippen LogP contribution in [0.4, 0.5) is 10.5 Å². The van der Waals surface area contributed by atoms with Crippen LogP contribution in [0.2, 0.25) is 5.02 Å². The van der Waals surface area contributed by atoms with Gasteiger partial charge in [0.1, 0.15) is 17.6 Å². The molecule has 0 saturated heterocycles. The molecule has 6 nitrogen and oxygen atoms in total. The van der Waals surface area contributed by atoms with Gasteiger partial charge in [0.05, 0.1) is 19.9 Å². The van der Waals surface area contributed by atoms with Crippen molar-refractivity contribution in [3.05, 3.63) is 53.1 Å². The molecule has 134 valence electrons. The van der Waals surface area contributed by atoms with Gasteiger partial charge in [-0.3, -0.25) is 0 Å². The quantitative estimate of drug-likeness (QED) is 0.782. The largest absolute Gasteiger partial charge is 0.497 e. The highest BCUT2D eigenvalue weighted by molar-refractivity contribution is 6.31. The van der Waals surface area contributed by atoms with Gasteiger partial charge in [0.25, 0.3) is 0 Å². The molecule has 0 fully saturated rings. The van der Waals surface area contributed by atoms with Crippen LogP contribution in [-0.2, 0) is 4.74 Å². The van der Waals surface area contributed by atoms with E-state index in [-0.39, 0.29) is 18.7 Å². The van der Waals surface area contributed by atoms with Crippen molar-refractivity contribution in [3.8, 4) is 11.5 Å². The molecule has 2 aromatic rings. The predicted molar refractivity (Wildman–Crippen MR) is 97.8 cm³/mol. The molecule has 0 heterocycles. The summed E-state index contributed by atoms with van der Waals surface area (Å²) in [5.41, 5.74) is 1.35. The van der Waals surface area contributed by atoms with Crippen LogP contribution < -0.4 is 20.1 Å². The van der Waals surface area contributed by atoms with Crippen molar-refractivity contribution in [2.24, 2.45) is 0 Å². The number of nitrogens with one attached hydrogen (secondary N) is 2. The van der Waals surface area contributed by atoms with Crippen molar-refractivity contribution in [2.45, 2.75) is 6.10 Å². The Morgan fingerprint density at radius 3 is 2.52 bits per heavy atom. The lowest BCUT2D eigenvalue weighted by Crippen LogP contribution is -2.33. The average molecular weight is 365 g/mol. The highest BCUT2D eigenvalue weighted by Crippen LogP contribution is 2.29. The summed E-state index contributed by atoms with van der Waals surface area (Å²) >= 11 is 6.17. The molecule has 0 saturated carbocycles. The highest BCUT2D eigenvalue weighted by atomic mass is 35.5. The Balaban J connectivity index is 1.99. The normalized spacial score (nSPS) is 11.5. The van der Waals surface area contributed by atoms with Crippen molar-refractivity contribution in [1.29, 1.82) is 0 Å². The van der Waals surface area contributed by atoms with Gasteiger partial charge < -0.3 is 24.8 Å². The van der Waals surface area contributed by atoms with Crippen molar-refractivity contribution in [1.82, 2.24) is 5.32 Å². The SMILES string of the molecule is COc1ccc(NC(=O)NCC(OC)c2ccccc2Cl)c(OC)c1. The Kier molecular flexibility index (Phi) is 6.91. The molecule has 0 bridgehead atoms. The predicted octanol–water partition coefficient (Wildman–Crippen LogP) is 3.87. The van der Waals surface area contributed by atoms with Crippen molar-refractivity contribution in [3.63, 3.8) is 0 Å². The number of urea groups is 1. The fourth-order valence-corrected chi connectivity index (χ4v) is 2.57. The Labute approximate surface area is 152 Å². The number of carbonyl (C=O) groups is 1. The molecule has 1 atom stereocenters. The second kappa shape index (κ2) is 9.15. The van der Waals surface area contributed by atoms with Gasteiger partial charge in [0.15, 0.2) is 0 Å². The Morgan fingerprint density at radius 2 is 1.88 bits per heavy atom. The molecule has 0 aliphatic rings. The Bertz CT molecular complexity index is 724. The fourth-order valence-electron chi connectivity index (χ4n) is 2.31. The number of amides is 2. The zero-order valence-corrected chi connectivity index (χ0v) is 15.1. The standard InChI is InChI=1S/C18H21ClN2O4/c1-23-12-8-9-15(16(10-12)24-2)21-18(22)20-11-17(25-3)13-6-4-5-7-14(13)19/h4-10,17H,11H2,1-3H3,(H2,20,21,22). The molecule has 0 spiro atoms. The number of anilines is 1. The van der Waals surface area contributed by atoms with E-state index in [9.17, 15) is 4.79 Å². The maximum absolute atomic E-state index is 12.2. The average Bonchev–Trinajstić information content (AvgIpc) is 2.63. The van der Waals surface area contributed by atoms with Crippen LogP contribution in [0.5, 0.6) is 11.5 Å². The maximum Gasteiger partial charge on any atom is 0.319 e. The number of carbonyl (C=O) groups excluding carboxylic acids is 1. The highest BCUT2D eigenvalue weighted by Gasteiger charge is 2.15. The number of hydrogen-bond acceptors (Lipinski definition) is 4. The van der Waals surface area contributed by atoms with Crippen LogP contribution in [0, 0.1) is 0 Å². The molecule has 0 aliphatic heterocycles. The third-order valence-electron chi connectivity index (χ3n) is 3.64. The first-order valence-corrected chi connectivity index (χ1v) is 8.01. The lowest BCUT2D eigenvalue weighted by molar-refractivity contribution is 0.104. The first kappa shape index (κ1) is 18.9. The second-order valence-electron chi connectivity index (χ2n) is 5.15. The number of ether oxygens (including phenoxy) is 3. The van der Waals surface area contributed by atoms with Crippen molar-refractivity contribution < 1.29 is 19.0 Å². The minimum atomic E-state index is -0.377. The van der Waals surface area contributed by atoms with Gasteiger partial charge >= 0.3 is 6.03 Å². The van der Waals surface area contributed by atoms with Crippen LogP contribution in [0.3, 0.4) is 0 Å². The number of rotatable bonds is 7. The van der Waals surface area contributed by atoms with Crippen LogP contribution in [0.15, 0.2) is 42.5 Å². The molecule has 1 unspecified atom stereocenters.